The minimum absolute atomic E-state index is 0.0356. The highest BCUT2D eigenvalue weighted by Gasteiger charge is 2.27. The normalized spacial score (nSPS) is 12.4. The number of nitrogen functional groups attached to an aromatic ring is 1. The molecule has 8 heteroatoms. The fourth-order valence-corrected chi connectivity index (χ4v) is 2.63. The van der Waals surface area contributed by atoms with E-state index < -0.39 is 21.3 Å². The molecule has 0 aliphatic carbocycles. The van der Waals surface area contributed by atoms with Crippen LogP contribution in [0.15, 0.2) is 27.6 Å². The average Bonchev–Trinajstić information content (AvgIpc) is 2.30. The molecular formula is C11H16BrN3O3S. The van der Waals surface area contributed by atoms with Crippen LogP contribution in [0.25, 0.3) is 0 Å². The lowest BCUT2D eigenvalue weighted by Gasteiger charge is -2.20. The molecule has 0 aliphatic rings. The summed E-state index contributed by atoms with van der Waals surface area (Å²) < 4.78 is 27.0. The first-order valence-electron chi connectivity index (χ1n) is 5.41. The molecule has 106 valence electrons. The zero-order chi connectivity index (χ0) is 14.8. The molecule has 5 N–H and O–H groups in total. The SMILES string of the molecule is CC(C)(CNS(=O)(=O)c1ccc(Br)c(N)c1)C(N)=O. The monoisotopic (exact) mass is 349 g/mol. The second kappa shape index (κ2) is 5.48. The smallest absolute Gasteiger partial charge is 0.240 e. The summed E-state index contributed by atoms with van der Waals surface area (Å²) in [6.45, 7) is 3.04. The number of halogens is 1. The molecule has 0 atom stereocenters. The molecule has 0 unspecified atom stereocenters. The van der Waals surface area contributed by atoms with E-state index in [4.69, 9.17) is 11.5 Å². The highest BCUT2D eigenvalue weighted by Crippen LogP contribution is 2.23. The van der Waals surface area contributed by atoms with E-state index in [2.05, 4.69) is 20.7 Å². The number of primary amides is 1. The summed E-state index contributed by atoms with van der Waals surface area (Å²) in [6.07, 6.45) is 0. The standard InChI is InChI=1S/C11H16BrN3O3S/c1-11(2,10(14)16)6-15-19(17,18)7-3-4-8(12)9(13)5-7/h3-5,15H,6,13H2,1-2H3,(H2,14,16). The van der Waals surface area contributed by atoms with Crippen molar-refractivity contribution in [3.8, 4) is 0 Å². The van der Waals surface area contributed by atoms with Gasteiger partial charge in [0.15, 0.2) is 0 Å². The number of benzene rings is 1. The zero-order valence-electron chi connectivity index (χ0n) is 10.6. The third-order valence-electron chi connectivity index (χ3n) is 2.65. The molecule has 0 heterocycles. The Morgan fingerprint density at radius 1 is 1.42 bits per heavy atom. The Morgan fingerprint density at radius 3 is 2.47 bits per heavy atom. The van der Waals surface area contributed by atoms with E-state index in [-0.39, 0.29) is 11.4 Å². The first kappa shape index (κ1) is 15.9. The molecule has 1 aromatic carbocycles. The van der Waals surface area contributed by atoms with E-state index in [1.54, 1.807) is 19.9 Å². The molecular weight excluding hydrogens is 334 g/mol. The Balaban J connectivity index is 2.93. The van der Waals surface area contributed by atoms with Crippen LogP contribution in [-0.4, -0.2) is 20.9 Å². The van der Waals surface area contributed by atoms with Gasteiger partial charge in [0, 0.05) is 16.7 Å². The highest BCUT2D eigenvalue weighted by atomic mass is 79.9. The van der Waals surface area contributed by atoms with Crippen molar-refractivity contribution < 1.29 is 13.2 Å². The van der Waals surface area contributed by atoms with Gasteiger partial charge in [0.2, 0.25) is 15.9 Å². The van der Waals surface area contributed by atoms with E-state index in [1.165, 1.54) is 12.1 Å². The van der Waals surface area contributed by atoms with Crippen molar-refractivity contribution in [1.29, 1.82) is 0 Å². The number of nitrogens with one attached hydrogen (secondary N) is 1. The third kappa shape index (κ3) is 3.92. The van der Waals surface area contributed by atoms with Gasteiger partial charge in [-0.25, -0.2) is 13.1 Å². The fraction of sp³-hybridized carbons (Fsp3) is 0.364. The zero-order valence-corrected chi connectivity index (χ0v) is 13.0. The van der Waals surface area contributed by atoms with Gasteiger partial charge in [-0.15, -0.1) is 0 Å². The first-order chi connectivity index (χ1) is 8.56. The van der Waals surface area contributed by atoms with E-state index in [0.29, 0.717) is 10.2 Å². The maximum absolute atomic E-state index is 12.0. The van der Waals surface area contributed by atoms with Gasteiger partial charge in [0.05, 0.1) is 10.3 Å². The number of carbonyl (C=O) groups is 1. The average molecular weight is 350 g/mol. The van der Waals surface area contributed by atoms with Crippen LogP contribution in [-0.2, 0) is 14.8 Å². The van der Waals surface area contributed by atoms with Crippen molar-refractivity contribution >= 4 is 37.5 Å². The second-order valence-corrected chi connectivity index (χ2v) is 7.38. The quantitative estimate of drug-likeness (QED) is 0.682. The maximum atomic E-state index is 12.0. The topological polar surface area (TPSA) is 115 Å². The molecule has 1 rings (SSSR count). The summed E-state index contributed by atoms with van der Waals surface area (Å²) in [5.41, 5.74) is 10.2. The van der Waals surface area contributed by atoms with Crippen molar-refractivity contribution in [1.82, 2.24) is 4.72 Å². The van der Waals surface area contributed by atoms with E-state index in [0.717, 1.165) is 0 Å². The molecule has 0 saturated carbocycles. The third-order valence-corrected chi connectivity index (χ3v) is 4.77. The summed E-state index contributed by atoms with van der Waals surface area (Å²) in [5.74, 6) is -0.578. The molecule has 6 nitrogen and oxygen atoms in total. The van der Waals surface area contributed by atoms with E-state index in [1.807, 2.05) is 0 Å². The molecule has 0 radical (unpaired) electrons. The Labute approximate surface area is 120 Å². The van der Waals surface area contributed by atoms with Crippen molar-refractivity contribution in [2.75, 3.05) is 12.3 Å². The van der Waals surface area contributed by atoms with Crippen molar-refractivity contribution in [3.63, 3.8) is 0 Å². The van der Waals surface area contributed by atoms with Gasteiger partial charge in [0.1, 0.15) is 0 Å². The summed E-state index contributed by atoms with van der Waals surface area (Å²) in [7, 11) is -3.72. The molecule has 0 fully saturated rings. The van der Waals surface area contributed by atoms with Crippen molar-refractivity contribution in [2.45, 2.75) is 18.7 Å². The molecule has 19 heavy (non-hydrogen) atoms. The lowest BCUT2D eigenvalue weighted by molar-refractivity contribution is -0.125. The van der Waals surface area contributed by atoms with Gasteiger partial charge in [-0.05, 0) is 48.0 Å². The molecule has 0 bridgehead atoms. The number of sulfonamides is 1. The van der Waals surface area contributed by atoms with Crippen LogP contribution in [0.2, 0.25) is 0 Å². The number of hydrogen-bond acceptors (Lipinski definition) is 4. The van der Waals surface area contributed by atoms with Gasteiger partial charge in [0.25, 0.3) is 0 Å². The van der Waals surface area contributed by atoms with Gasteiger partial charge in [-0.3, -0.25) is 4.79 Å². The summed E-state index contributed by atoms with van der Waals surface area (Å²) in [4.78, 5) is 11.2. The summed E-state index contributed by atoms with van der Waals surface area (Å²) >= 11 is 3.18. The lowest BCUT2D eigenvalue weighted by Crippen LogP contribution is -2.42. The maximum Gasteiger partial charge on any atom is 0.240 e. The van der Waals surface area contributed by atoms with Crippen LogP contribution in [0.3, 0.4) is 0 Å². The Bertz CT molecular complexity index is 599. The van der Waals surface area contributed by atoms with Crippen LogP contribution >= 0.6 is 15.9 Å². The Morgan fingerprint density at radius 2 is 2.00 bits per heavy atom. The number of amides is 1. The summed E-state index contributed by atoms with van der Waals surface area (Å²) in [6, 6.07) is 4.30. The van der Waals surface area contributed by atoms with Crippen LogP contribution in [0, 0.1) is 5.41 Å². The molecule has 0 aromatic heterocycles. The number of carbonyl (C=O) groups excluding carboxylic acids is 1. The lowest BCUT2D eigenvalue weighted by atomic mass is 9.93. The van der Waals surface area contributed by atoms with Crippen molar-refractivity contribution in [2.24, 2.45) is 11.1 Å². The second-order valence-electron chi connectivity index (χ2n) is 4.76. The van der Waals surface area contributed by atoms with Crippen LogP contribution in [0.4, 0.5) is 5.69 Å². The molecule has 0 spiro atoms. The van der Waals surface area contributed by atoms with Gasteiger partial charge < -0.3 is 11.5 Å². The highest BCUT2D eigenvalue weighted by molar-refractivity contribution is 9.10. The Hall–Kier alpha value is -1.12. The Kier molecular flexibility index (Phi) is 4.59. The predicted molar refractivity (Wildman–Crippen MR) is 76.7 cm³/mol. The van der Waals surface area contributed by atoms with E-state index in [9.17, 15) is 13.2 Å². The predicted octanol–water partition coefficient (Wildman–Crippen LogP) is 0.821. The van der Waals surface area contributed by atoms with Gasteiger partial charge >= 0.3 is 0 Å². The molecule has 0 saturated heterocycles. The molecule has 1 aromatic rings. The van der Waals surface area contributed by atoms with E-state index >= 15 is 0 Å². The van der Waals surface area contributed by atoms with Crippen LogP contribution in [0.1, 0.15) is 13.8 Å². The number of anilines is 1. The minimum Gasteiger partial charge on any atom is -0.398 e. The molecule has 1 amide bonds. The molecule has 0 aliphatic heterocycles. The first-order valence-corrected chi connectivity index (χ1v) is 7.68. The summed E-state index contributed by atoms with van der Waals surface area (Å²) in [5, 5.41) is 0. The van der Waals surface area contributed by atoms with Gasteiger partial charge in [-0.1, -0.05) is 0 Å². The number of rotatable bonds is 5. The largest absolute Gasteiger partial charge is 0.398 e. The number of hydrogen-bond donors (Lipinski definition) is 3. The minimum atomic E-state index is -3.72. The number of nitrogens with two attached hydrogens (primary N) is 2. The van der Waals surface area contributed by atoms with Crippen LogP contribution in [0.5, 0.6) is 0 Å². The van der Waals surface area contributed by atoms with Crippen LogP contribution < -0.4 is 16.2 Å². The van der Waals surface area contributed by atoms with Crippen molar-refractivity contribution in [3.05, 3.63) is 22.7 Å². The fourth-order valence-electron chi connectivity index (χ4n) is 1.13. The van der Waals surface area contributed by atoms with Gasteiger partial charge in [-0.2, -0.15) is 0 Å².